The molecule has 1 aliphatic heterocycles. The third kappa shape index (κ3) is 2.13. The Labute approximate surface area is 85.0 Å². The molecule has 2 rings (SSSR count). The summed E-state index contributed by atoms with van der Waals surface area (Å²) < 4.78 is 43.6. The molecule has 15 heavy (non-hydrogen) atoms. The zero-order valence-corrected chi connectivity index (χ0v) is 7.77. The van der Waals surface area contributed by atoms with E-state index in [4.69, 9.17) is 4.74 Å². The largest absolute Gasteiger partial charge is 0.378 e. The number of morpholine rings is 1. The van der Waals surface area contributed by atoms with Gasteiger partial charge in [0.2, 0.25) is 0 Å². The van der Waals surface area contributed by atoms with Gasteiger partial charge in [-0.05, 0) is 17.7 Å². The minimum Gasteiger partial charge on any atom is -0.378 e. The first-order valence-electron chi connectivity index (χ1n) is 4.48. The second kappa shape index (κ2) is 4.20. The molecule has 0 aromatic heterocycles. The van der Waals surface area contributed by atoms with E-state index in [0.717, 1.165) is 12.1 Å². The zero-order chi connectivity index (χ0) is 10.8. The lowest BCUT2D eigenvalue weighted by molar-refractivity contribution is 0.0965. The van der Waals surface area contributed by atoms with E-state index in [9.17, 15) is 13.2 Å². The molecule has 1 aromatic carbocycles. The van der Waals surface area contributed by atoms with Crippen LogP contribution in [0.15, 0.2) is 12.1 Å². The van der Waals surface area contributed by atoms with Crippen LogP contribution in [-0.2, 0) is 4.74 Å². The summed E-state index contributed by atoms with van der Waals surface area (Å²) in [5, 5.41) is 2.90. The summed E-state index contributed by atoms with van der Waals surface area (Å²) in [4.78, 5) is 0. The average molecular weight is 216 g/mol. The minimum atomic E-state index is -1.44. The number of benzene rings is 1. The third-order valence-corrected chi connectivity index (χ3v) is 2.21. The number of ether oxygens (including phenoxy) is 1. The first-order valence-corrected chi connectivity index (χ1v) is 4.48. The van der Waals surface area contributed by atoms with Crippen molar-refractivity contribution in [2.24, 2.45) is 0 Å². The Hall–Kier alpha value is -1.07. The van der Waals surface area contributed by atoms with Crippen molar-refractivity contribution >= 4 is 0 Å². The fourth-order valence-corrected chi connectivity index (χ4v) is 1.45. The fourth-order valence-electron chi connectivity index (χ4n) is 1.45. The molecule has 1 saturated heterocycles. The second-order valence-electron chi connectivity index (χ2n) is 3.26. The number of nitrogens with one attached hydrogen (secondary N) is 1. The Balaban J connectivity index is 2.27. The van der Waals surface area contributed by atoms with Gasteiger partial charge in [-0.3, -0.25) is 0 Å². The van der Waals surface area contributed by atoms with E-state index in [0.29, 0.717) is 18.8 Å². The van der Waals surface area contributed by atoms with Gasteiger partial charge in [0, 0.05) is 6.54 Å². The van der Waals surface area contributed by atoms with Gasteiger partial charge in [0.05, 0.1) is 19.3 Å². The van der Waals surface area contributed by atoms with Gasteiger partial charge >= 0.3 is 0 Å². The fraction of sp³-hybridized carbons (Fsp3) is 0.300. The molecule has 1 aromatic rings. The van der Waals surface area contributed by atoms with Crippen molar-refractivity contribution in [3.63, 3.8) is 0 Å². The van der Waals surface area contributed by atoms with Crippen LogP contribution in [0.5, 0.6) is 0 Å². The van der Waals surface area contributed by atoms with Crippen LogP contribution in [0.25, 0.3) is 0 Å². The smallest absolute Gasteiger partial charge is 0.194 e. The molecule has 0 aliphatic carbocycles. The summed E-state index contributed by atoms with van der Waals surface area (Å²) >= 11 is 0. The van der Waals surface area contributed by atoms with E-state index in [1.54, 1.807) is 6.54 Å². The van der Waals surface area contributed by atoms with Gasteiger partial charge in [-0.1, -0.05) is 0 Å². The molecule has 1 atom stereocenters. The molecule has 1 N–H and O–H groups in total. The summed E-state index contributed by atoms with van der Waals surface area (Å²) in [6.45, 7) is 2.40. The molecule has 5 heteroatoms. The Morgan fingerprint density at radius 3 is 2.40 bits per heavy atom. The molecule has 1 aliphatic rings. The molecular weight excluding hydrogens is 207 g/mol. The van der Waals surface area contributed by atoms with Crippen molar-refractivity contribution in [3.05, 3.63) is 41.7 Å². The Morgan fingerprint density at radius 2 is 1.87 bits per heavy atom. The van der Waals surface area contributed by atoms with Crippen LogP contribution in [-0.4, -0.2) is 13.2 Å². The number of hydrogen-bond acceptors (Lipinski definition) is 2. The molecule has 1 fully saturated rings. The molecule has 0 unspecified atom stereocenters. The number of hydrogen-bond donors (Lipinski definition) is 1. The lowest BCUT2D eigenvalue weighted by Crippen LogP contribution is -2.31. The molecule has 2 nitrogen and oxygen atoms in total. The maximum absolute atomic E-state index is 12.9. The van der Waals surface area contributed by atoms with E-state index >= 15 is 0 Å². The standard InChI is InChI=1S/C10H9F3NO/c11-7-3-6(4-8(12)10(7)13)9-5-15-2-1-14-9/h1,3-4,9,14H,2,5H2/t9-/m0/s1. The van der Waals surface area contributed by atoms with E-state index < -0.39 is 17.5 Å². The van der Waals surface area contributed by atoms with Gasteiger partial charge in [-0.15, -0.1) is 0 Å². The summed E-state index contributed by atoms with van der Waals surface area (Å²) in [5.74, 6) is -3.81. The molecule has 0 saturated carbocycles. The van der Waals surface area contributed by atoms with Crippen LogP contribution >= 0.6 is 0 Å². The van der Waals surface area contributed by atoms with Crippen molar-refractivity contribution in [1.82, 2.24) is 5.32 Å². The summed E-state index contributed by atoms with van der Waals surface area (Å²) in [6, 6.07) is 1.61. The topological polar surface area (TPSA) is 21.3 Å². The minimum absolute atomic E-state index is 0.307. The Morgan fingerprint density at radius 1 is 1.20 bits per heavy atom. The number of halogens is 3. The SMILES string of the molecule is Fc1cc([C@@H]2COC[CH]N2)cc(F)c1F. The quantitative estimate of drug-likeness (QED) is 0.724. The van der Waals surface area contributed by atoms with E-state index in [2.05, 4.69) is 5.32 Å². The second-order valence-corrected chi connectivity index (χ2v) is 3.26. The summed E-state index contributed by atoms with van der Waals surface area (Å²) in [7, 11) is 0. The van der Waals surface area contributed by atoms with Crippen LogP contribution < -0.4 is 5.32 Å². The monoisotopic (exact) mass is 216 g/mol. The van der Waals surface area contributed by atoms with Crippen LogP contribution in [0.4, 0.5) is 13.2 Å². The lowest BCUT2D eigenvalue weighted by Gasteiger charge is -2.23. The molecule has 1 radical (unpaired) electrons. The van der Waals surface area contributed by atoms with Crippen molar-refractivity contribution < 1.29 is 17.9 Å². The van der Waals surface area contributed by atoms with Gasteiger partial charge in [0.25, 0.3) is 0 Å². The van der Waals surface area contributed by atoms with Gasteiger partial charge in [0.15, 0.2) is 17.5 Å². The summed E-state index contributed by atoms with van der Waals surface area (Å²) in [5.41, 5.74) is 0.336. The van der Waals surface area contributed by atoms with Gasteiger partial charge < -0.3 is 10.1 Å². The Bertz CT molecular complexity index is 341. The van der Waals surface area contributed by atoms with Gasteiger partial charge in [-0.25, -0.2) is 13.2 Å². The maximum Gasteiger partial charge on any atom is 0.194 e. The van der Waals surface area contributed by atoms with E-state index in [1.165, 1.54) is 0 Å². The maximum atomic E-state index is 12.9. The van der Waals surface area contributed by atoms with Crippen LogP contribution in [0.2, 0.25) is 0 Å². The molecule has 0 amide bonds. The predicted molar refractivity (Wildman–Crippen MR) is 47.3 cm³/mol. The van der Waals surface area contributed by atoms with Crippen LogP contribution in [0, 0.1) is 24.0 Å². The predicted octanol–water partition coefficient (Wildman–Crippen LogP) is 1.93. The van der Waals surface area contributed by atoms with Gasteiger partial charge in [-0.2, -0.15) is 0 Å². The Kier molecular flexibility index (Phi) is 2.93. The van der Waals surface area contributed by atoms with Crippen LogP contribution in [0.3, 0.4) is 0 Å². The van der Waals surface area contributed by atoms with E-state index in [1.807, 2.05) is 0 Å². The normalized spacial score (nSPS) is 21.7. The average Bonchev–Trinajstić information content (AvgIpc) is 2.26. The highest BCUT2D eigenvalue weighted by Gasteiger charge is 2.19. The van der Waals surface area contributed by atoms with Gasteiger partial charge in [0.1, 0.15) is 0 Å². The van der Waals surface area contributed by atoms with Crippen LogP contribution in [0.1, 0.15) is 11.6 Å². The highest BCUT2D eigenvalue weighted by Crippen LogP contribution is 2.21. The highest BCUT2D eigenvalue weighted by atomic mass is 19.2. The zero-order valence-electron chi connectivity index (χ0n) is 7.77. The first kappa shape index (κ1) is 10.4. The molecule has 81 valence electrons. The summed E-state index contributed by atoms with van der Waals surface area (Å²) in [6.07, 6.45) is 0. The van der Waals surface area contributed by atoms with Crippen molar-refractivity contribution in [1.29, 1.82) is 0 Å². The molecule has 1 heterocycles. The van der Waals surface area contributed by atoms with Crippen molar-refractivity contribution in [3.8, 4) is 0 Å². The van der Waals surface area contributed by atoms with Crippen molar-refractivity contribution in [2.45, 2.75) is 6.04 Å². The number of rotatable bonds is 1. The van der Waals surface area contributed by atoms with Crippen molar-refractivity contribution in [2.75, 3.05) is 13.2 Å². The third-order valence-electron chi connectivity index (χ3n) is 2.21. The molecule has 0 spiro atoms. The van der Waals surface area contributed by atoms with E-state index in [-0.39, 0.29) is 6.04 Å². The molecular formula is C10H9F3NO. The molecule has 0 bridgehead atoms. The highest BCUT2D eigenvalue weighted by molar-refractivity contribution is 5.23. The first-order chi connectivity index (χ1) is 7.18. The lowest BCUT2D eigenvalue weighted by atomic mass is 10.1.